The molecule has 108 valence electrons. The lowest BCUT2D eigenvalue weighted by molar-refractivity contribution is -0.143. The van der Waals surface area contributed by atoms with Crippen LogP contribution in [0, 0.1) is 0 Å². The van der Waals surface area contributed by atoms with Gasteiger partial charge in [0.2, 0.25) is 0 Å². The first-order valence-electron chi connectivity index (χ1n) is 6.73. The Bertz CT molecular complexity index is 549. The van der Waals surface area contributed by atoms with E-state index in [1.807, 2.05) is 0 Å². The molecule has 0 spiro atoms. The molecule has 20 heavy (non-hydrogen) atoms. The van der Waals surface area contributed by atoms with Gasteiger partial charge in [-0.25, -0.2) is 4.79 Å². The number of aryl methyl sites for hydroxylation is 1. The molecule has 0 bridgehead atoms. The summed E-state index contributed by atoms with van der Waals surface area (Å²) in [6.45, 7) is 0. The summed E-state index contributed by atoms with van der Waals surface area (Å²) in [5.74, 6) is 0.499. The Labute approximate surface area is 120 Å². The zero-order valence-electron chi connectivity index (χ0n) is 11.0. The fourth-order valence-electron chi connectivity index (χ4n) is 2.73. The fourth-order valence-corrected chi connectivity index (χ4v) is 4.05. The number of carboxylic acids is 1. The second-order valence-corrected chi connectivity index (χ2v) is 6.39. The molecule has 1 aliphatic carbocycles. The summed E-state index contributed by atoms with van der Waals surface area (Å²) in [6.07, 6.45) is 4.07. The number of rotatable bonds is 3. The SMILES string of the molecule is O=C(NC1(C(=O)O)CCSC1)c1noc2c1CCCC2. The largest absolute Gasteiger partial charge is 0.479 e. The molecule has 6 nitrogen and oxygen atoms in total. The van der Waals surface area contributed by atoms with Gasteiger partial charge in [-0.1, -0.05) is 5.16 Å². The number of nitrogens with one attached hydrogen (secondary N) is 1. The molecule has 2 heterocycles. The van der Waals surface area contributed by atoms with Gasteiger partial charge < -0.3 is 14.9 Å². The van der Waals surface area contributed by atoms with Crippen molar-refractivity contribution in [3.05, 3.63) is 17.0 Å². The Morgan fingerprint density at radius 2 is 2.15 bits per heavy atom. The molecule has 7 heteroatoms. The van der Waals surface area contributed by atoms with Crippen LogP contribution in [0.1, 0.15) is 41.1 Å². The maximum absolute atomic E-state index is 12.3. The van der Waals surface area contributed by atoms with Crippen molar-refractivity contribution in [3.8, 4) is 0 Å². The lowest BCUT2D eigenvalue weighted by atomic mass is 9.95. The Hall–Kier alpha value is -1.50. The van der Waals surface area contributed by atoms with Crippen LogP contribution in [0.2, 0.25) is 0 Å². The molecule has 1 fully saturated rings. The van der Waals surface area contributed by atoms with Crippen LogP contribution >= 0.6 is 11.8 Å². The van der Waals surface area contributed by atoms with Crippen LogP contribution in [0.5, 0.6) is 0 Å². The maximum atomic E-state index is 12.3. The van der Waals surface area contributed by atoms with Gasteiger partial charge in [-0.05, 0) is 31.4 Å². The molecule has 1 aromatic heterocycles. The molecule has 2 N–H and O–H groups in total. The number of amides is 1. The molecule has 1 amide bonds. The number of carbonyl (C=O) groups is 2. The van der Waals surface area contributed by atoms with E-state index in [0.29, 0.717) is 12.2 Å². The number of aromatic nitrogens is 1. The summed E-state index contributed by atoms with van der Waals surface area (Å²) in [7, 11) is 0. The van der Waals surface area contributed by atoms with Crippen molar-refractivity contribution >= 4 is 23.6 Å². The summed E-state index contributed by atoms with van der Waals surface area (Å²) in [6, 6.07) is 0. The quantitative estimate of drug-likeness (QED) is 0.872. The first-order valence-corrected chi connectivity index (χ1v) is 7.89. The zero-order chi connectivity index (χ0) is 14.2. The fraction of sp³-hybridized carbons (Fsp3) is 0.615. The van der Waals surface area contributed by atoms with Crippen LogP contribution in [0.4, 0.5) is 0 Å². The van der Waals surface area contributed by atoms with E-state index in [2.05, 4.69) is 10.5 Å². The molecule has 1 atom stereocenters. The van der Waals surface area contributed by atoms with Gasteiger partial charge in [0.25, 0.3) is 5.91 Å². The van der Waals surface area contributed by atoms with Gasteiger partial charge in [-0.2, -0.15) is 11.8 Å². The van der Waals surface area contributed by atoms with Gasteiger partial charge in [-0.15, -0.1) is 0 Å². The van der Waals surface area contributed by atoms with Gasteiger partial charge in [-0.3, -0.25) is 4.79 Å². The summed E-state index contributed by atoms with van der Waals surface area (Å²) in [5, 5.41) is 15.9. The Morgan fingerprint density at radius 3 is 2.85 bits per heavy atom. The minimum atomic E-state index is -1.16. The van der Waals surface area contributed by atoms with Crippen molar-refractivity contribution in [1.82, 2.24) is 10.5 Å². The second-order valence-electron chi connectivity index (χ2n) is 5.28. The third kappa shape index (κ3) is 2.19. The van der Waals surface area contributed by atoms with Crippen molar-refractivity contribution in [1.29, 1.82) is 0 Å². The normalized spacial score (nSPS) is 25.2. The molecule has 0 radical (unpaired) electrons. The first-order chi connectivity index (χ1) is 9.62. The summed E-state index contributed by atoms with van der Waals surface area (Å²) >= 11 is 1.54. The summed E-state index contributed by atoms with van der Waals surface area (Å²) in [4.78, 5) is 23.8. The number of thioether (sulfide) groups is 1. The third-order valence-corrected chi connectivity index (χ3v) is 5.14. The topological polar surface area (TPSA) is 92.4 Å². The van der Waals surface area contributed by atoms with E-state index < -0.39 is 17.4 Å². The van der Waals surface area contributed by atoms with Crippen molar-refractivity contribution in [2.24, 2.45) is 0 Å². The van der Waals surface area contributed by atoms with E-state index in [-0.39, 0.29) is 5.69 Å². The third-order valence-electron chi connectivity index (χ3n) is 3.95. The van der Waals surface area contributed by atoms with Gasteiger partial charge in [0.05, 0.1) is 0 Å². The molecule has 1 aromatic rings. The van der Waals surface area contributed by atoms with Crippen molar-refractivity contribution in [3.63, 3.8) is 0 Å². The van der Waals surface area contributed by atoms with Crippen LogP contribution in [-0.4, -0.2) is 39.2 Å². The molecule has 0 saturated carbocycles. The standard InChI is InChI=1S/C13H16N2O4S/c16-11(14-13(12(17)18)5-6-20-7-13)10-8-3-1-2-4-9(8)19-15-10/h1-7H2,(H,14,16)(H,17,18). The molecule has 1 saturated heterocycles. The van der Waals surface area contributed by atoms with Gasteiger partial charge in [0.1, 0.15) is 11.3 Å². The van der Waals surface area contributed by atoms with Crippen molar-refractivity contribution < 1.29 is 19.2 Å². The van der Waals surface area contributed by atoms with Crippen LogP contribution in [0.25, 0.3) is 0 Å². The molecular weight excluding hydrogens is 280 g/mol. The molecule has 3 rings (SSSR count). The number of hydrogen-bond donors (Lipinski definition) is 2. The minimum absolute atomic E-state index is 0.261. The number of nitrogens with zero attached hydrogens (tertiary/aromatic N) is 1. The molecule has 0 aromatic carbocycles. The average molecular weight is 296 g/mol. The number of carbonyl (C=O) groups excluding carboxylic acids is 1. The number of hydrogen-bond acceptors (Lipinski definition) is 5. The molecule has 1 unspecified atom stereocenters. The predicted molar refractivity (Wildman–Crippen MR) is 72.9 cm³/mol. The minimum Gasteiger partial charge on any atom is -0.479 e. The second kappa shape index (κ2) is 5.12. The maximum Gasteiger partial charge on any atom is 0.330 e. The highest BCUT2D eigenvalue weighted by molar-refractivity contribution is 7.99. The van der Waals surface area contributed by atoms with Gasteiger partial charge >= 0.3 is 5.97 Å². The Balaban J connectivity index is 1.82. The molecule has 2 aliphatic rings. The van der Waals surface area contributed by atoms with E-state index in [4.69, 9.17) is 4.52 Å². The van der Waals surface area contributed by atoms with E-state index in [9.17, 15) is 14.7 Å². The van der Waals surface area contributed by atoms with E-state index >= 15 is 0 Å². The lowest BCUT2D eigenvalue weighted by Crippen LogP contribution is -2.55. The van der Waals surface area contributed by atoms with Crippen molar-refractivity contribution in [2.75, 3.05) is 11.5 Å². The number of fused-ring (bicyclic) bond motifs is 1. The molecular formula is C13H16N2O4S. The van der Waals surface area contributed by atoms with Crippen LogP contribution in [-0.2, 0) is 17.6 Å². The average Bonchev–Trinajstić information content (AvgIpc) is 3.05. The smallest absolute Gasteiger partial charge is 0.330 e. The zero-order valence-corrected chi connectivity index (χ0v) is 11.8. The van der Waals surface area contributed by atoms with E-state index in [0.717, 1.165) is 42.8 Å². The lowest BCUT2D eigenvalue weighted by Gasteiger charge is -2.24. The Morgan fingerprint density at radius 1 is 1.35 bits per heavy atom. The van der Waals surface area contributed by atoms with Crippen LogP contribution < -0.4 is 5.32 Å². The van der Waals surface area contributed by atoms with Crippen LogP contribution in [0.3, 0.4) is 0 Å². The molecule has 1 aliphatic heterocycles. The highest BCUT2D eigenvalue weighted by atomic mass is 32.2. The first kappa shape index (κ1) is 13.5. The highest BCUT2D eigenvalue weighted by Gasteiger charge is 2.44. The van der Waals surface area contributed by atoms with E-state index in [1.54, 1.807) is 0 Å². The van der Waals surface area contributed by atoms with Crippen LogP contribution in [0.15, 0.2) is 4.52 Å². The van der Waals surface area contributed by atoms with Gasteiger partial charge in [0, 0.05) is 17.7 Å². The van der Waals surface area contributed by atoms with Crippen molar-refractivity contribution in [2.45, 2.75) is 37.6 Å². The monoisotopic (exact) mass is 296 g/mol. The van der Waals surface area contributed by atoms with E-state index in [1.165, 1.54) is 11.8 Å². The van der Waals surface area contributed by atoms with Gasteiger partial charge in [0.15, 0.2) is 5.69 Å². The highest BCUT2D eigenvalue weighted by Crippen LogP contribution is 2.30. The number of aliphatic carboxylic acids is 1. The summed E-state index contributed by atoms with van der Waals surface area (Å²) in [5.41, 5.74) is -0.0559. The summed E-state index contributed by atoms with van der Waals surface area (Å²) < 4.78 is 5.20. The Kier molecular flexibility index (Phi) is 3.45. The number of carboxylic acid groups (broad SMARTS) is 1. The predicted octanol–water partition coefficient (Wildman–Crippen LogP) is 1.24.